The van der Waals surface area contributed by atoms with Crippen LogP contribution in [0, 0.1) is 5.82 Å². The molecule has 0 aliphatic carbocycles. The molecule has 2 atom stereocenters. The van der Waals surface area contributed by atoms with Gasteiger partial charge in [0, 0.05) is 18.6 Å². The lowest BCUT2D eigenvalue weighted by molar-refractivity contribution is 0.0502. The summed E-state index contributed by atoms with van der Waals surface area (Å²) in [6.45, 7) is 10.1. The van der Waals surface area contributed by atoms with Gasteiger partial charge in [0.2, 0.25) is 0 Å². The molecule has 2 unspecified atom stereocenters. The Morgan fingerprint density at radius 1 is 1.30 bits per heavy atom. The number of ether oxygens (including phenoxy) is 1. The standard InChI is InChI=1S/C18H29FN2O2/c1-6-15(21-17(22)23-18(3,4)5)12-20-13(2)11-14-9-7-8-10-16(14)19/h7-10,13,15,20H,6,11-12H2,1-5H3,(H,21,22). The maximum absolute atomic E-state index is 13.6. The highest BCUT2D eigenvalue weighted by Crippen LogP contribution is 2.09. The number of rotatable bonds is 7. The number of carbonyl (C=O) groups excluding carboxylic acids is 1. The van der Waals surface area contributed by atoms with Crippen molar-refractivity contribution in [2.24, 2.45) is 0 Å². The smallest absolute Gasteiger partial charge is 0.407 e. The van der Waals surface area contributed by atoms with Crippen molar-refractivity contribution < 1.29 is 13.9 Å². The van der Waals surface area contributed by atoms with Crippen molar-refractivity contribution in [3.8, 4) is 0 Å². The van der Waals surface area contributed by atoms with Gasteiger partial charge in [-0.1, -0.05) is 25.1 Å². The number of nitrogens with one attached hydrogen (secondary N) is 2. The fourth-order valence-electron chi connectivity index (χ4n) is 2.18. The minimum absolute atomic E-state index is 0.0204. The van der Waals surface area contributed by atoms with E-state index in [0.29, 0.717) is 18.5 Å². The van der Waals surface area contributed by atoms with Crippen molar-refractivity contribution in [3.05, 3.63) is 35.6 Å². The molecule has 1 rings (SSSR count). The highest BCUT2D eigenvalue weighted by atomic mass is 19.1. The predicted octanol–water partition coefficient (Wildman–Crippen LogP) is 3.65. The molecule has 0 spiro atoms. The second kappa shape index (κ2) is 8.87. The van der Waals surface area contributed by atoms with Crippen LogP contribution >= 0.6 is 0 Å². The van der Waals surface area contributed by atoms with Gasteiger partial charge in [-0.2, -0.15) is 0 Å². The van der Waals surface area contributed by atoms with E-state index in [4.69, 9.17) is 4.74 Å². The number of benzene rings is 1. The lowest BCUT2D eigenvalue weighted by Gasteiger charge is -2.24. The normalized spacial score (nSPS) is 14.2. The number of halogens is 1. The first-order valence-electron chi connectivity index (χ1n) is 8.17. The molecule has 5 heteroatoms. The van der Waals surface area contributed by atoms with E-state index in [2.05, 4.69) is 10.6 Å². The molecule has 130 valence electrons. The van der Waals surface area contributed by atoms with Gasteiger partial charge in [0.05, 0.1) is 0 Å². The first kappa shape index (κ1) is 19.4. The van der Waals surface area contributed by atoms with Crippen molar-refractivity contribution in [3.63, 3.8) is 0 Å². The number of hydrogen-bond donors (Lipinski definition) is 2. The fraction of sp³-hybridized carbons (Fsp3) is 0.611. The molecule has 0 fully saturated rings. The van der Waals surface area contributed by atoms with E-state index in [9.17, 15) is 9.18 Å². The van der Waals surface area contributed by atoms with Crippen LogP contribution in [-0.4, -0.2) is 30.3 Å². The topological polar surface area (TPSA) is 50.4 Å². The summed E-state index contributed by atoms with van der Waals surface area (Å²) in [5.41, 5.74) is 0.189. The van der Waals surface area contributed by atoms with E-state index in [1.807, 2.05) is 40.7 Å². The molecule has 0 aromatic heterocycles. The lowest BCUT2D eigenvalue weighted by Crippen LogP contribution is -2.46. The Balaban J connectivity index is 2.41. The van der Waals surface area contributed by atoms with E-state index < -0.39 is 11.7 Å². The van der Waals surface area contributed by atoms with Gasteiger partial charge < -0.3 is 15.4 Å². The summed E-state index contributed by atoms with van der Waals surface area (Å²) < 4.78 is 18.9. The molecule has 0 aliphatic rings. The molecule has 0 saturated carbocycles. The molecule has 23 heavy (non-hydrogen) atoms. The van der Waals surface area contributed by atoms with Gasteiger partial charge in [-0.25, -0.2) is 9.18 Å². The van der Waals surface area contributed by atoms with Crippen molar-refractivity contribution in [2.75, 3.05) is 6.54 Å². The zero-order valence-corrected chi connectivity index (χ0v) is 14.8. The zero-order valence-electron chi connectivity index (χ0n) is 14.8. The van der Waals surface area contributed by atoms with Gasteiger partial charge in [-0.3, -0.25) is 0 Å². The molecule has 0 radical (unpaired) electrons. The minimum Gasteiger partial charge on any atom is -0.444 e. The summed E-state index contributed by atoms with van der Waals surface area (Å²) in [5.74, 6) is -0.180. The summed E-state index contributed by atoms with van der Waals surface area (Å²) >= 11 is 0. The van der Waals surface area contributed by atoms with Crippen molar-refractivity contribution >= 4 is 6.09 Å². The third-order valence-electron chi connectivity index (χ3n) is 3.41. The van der Waals surface area contributed by atoms with Crippen LogP contribution in [-0.2, 0) is 11.2 Å². The van der Waals surface area contributed by atoms with E-state index in [-0.39, 0.29) is 17.9 Å². The average Bonchev–Trinajstić information content (AvgIpc) is 2.44. The molecule has 2 N–H and O–H groups in total. The van der Waals surface area contributed by atoms with Crippen molar-refractivity contribution in [1.29, 1.82) is 0 Å². The van der Waals surface area contributed by atoms with E-state index in [1.54, 1.807) is 12.1 Å². The molecular formula is C18H29FN2O2. The molecule has 0 heterocycles. The van der Waals surface area contributed by atoms with Gasteiger partial charge in [0.25, 0.3) is 0 Å². The SMILES string of the molecule is CCC(CNC(C)Cc1ccccc1F)NC(=O)OC(C)(C)C. The molecule has 4 nitrogen and oxygen atoms in total. The van der Waals surface area contributed by atoms with Crippen LogP contribution in [0.2, 0.25) is 0 Å². The van der Waals surface area contributed by atoms with Crippen LogP contribution in [0.4, 0.5) is 9.18 Å². The van der Waals surface area contributed by atoms with Gasteiger partial charge in [0.1, 0.15) is 11.4 Å². The summed E-state index contributed by atoms with van der Waals surface area (Å²) in [6.07, 6.45) is 0.988. The quantitative estimate of drug-likeness (QED) is 0.805. The van der Waals surface area contributed by atoms with Crippen LogP contribution in [0.5, 0.6) is 0 Å². The largest absolute Gasteiger partial charge is 0.444 e. The van der Waals surface area contributed by atoms with Gasteiger partial charge >= 0.3 is 6.09 Å². The number of alkyl carbamates (subject to hydrolysis) is 1. The van der Waals surface area contributed by atoms with Gasteiger partial charge in [-0.15, -0.1) is 0 Å². The molecule has 1 aromatic rings. The molecule has 1 amide bonds. The Bertz CT molecular complexity index is 500. The third-order valence-corrected chi connectivity index (χ3v) is 3.41. The highest BCUT2D eigenvalue weighted by Gasteiger charge is 2.19. The van der Waals surface area contributed by atoms with Crippen LogP contribution in [0.25, 0.3) is 0 Å². The summed E-state index contributed by atoms with van der Waals surface area (Å²) in [7, 11) is 0. The lowest BCUT2D eigenvalue weighted by atomic mass is 10.1. The first-order chi connectivity index (χ1) is 10.7. The van der Waals surface area contributed by atoms with Gasteiger partial charge in [-0.05, 0) is 52.2 Å². The maximum Gasteiger partial charge on any atom is 0.407 e. The average molecular weight is 324 g/mol. The zero-order chi connectivity index (χ0) is 17.5. The Morgan fingerprint density at radius 2 is 1.96 bits per heavy atom. The summed E-state index contributed by atoms with van der Waals surface area (Å²) in [6, 6.07) is 6.89. The highest BCUT2D eigenvalue weighted by molar-refractivity contribution is 5.68. The van der Waals surface area contributed by atoms with Crippen LogP contribution in [0.3, 0.4) is 0 Å². The van der Waals surface area contributed by atoms with E-state index in [0.717, 1.165) is 6.42 Å². The molecule has 0 aliphatic heterocycles. The van der Waals surface area contributed by atoms with Crippen LogP contribution in [0.15, 0.2) is 24.3 Å². The molecule has 1 aromatic carbocycles. The minimum atomic E-state index is -0.506. The Morgan fingerprint density at radius 3 is 2.52 bits per heavy atom. The summed E-state index contributed by atoms with van der Waals surface area (Å²) in [5, 5.41) is 6.20. The number of hydrogen-bond acceptors (Lipinski definition) is 3. The molecular weight excluding hydrogens is 295 g/mol. The van der Waals surface area contributed by atoms with E-state index in [1.165, 1.54) is 6.07 Å². The molecule has 0 saturated heterocycles. The maximum atomic E-state index is 13.6. The van der Waals surface area contributed by atoms with E-state index >= 15 is 0 Å². The summed E-state index contributed by atoms with van der Waals surface area (Å²) in [4.78, 5) is 11.8. The number of carbonyl (C=O) groups is 1. The monoisotopic (exact) mass is 324 g/mol. The fourth-order valence-corrected chi connectivity index (χ4v) is 2.18. The van der Waals surface area contributed by atoms with Crippen molar-refractivity contribution in [2.45, 2.75) is 65.1 Å². The second-order valence-electron chi connectivity index (χ2n) is 6.86. The Hall–Kier alpha value is -1.62. The van der Waals surface area contributed by atoms with Crippen LogP contribution in [0.1, 0.15) is 46.6 Å². The Labute approximate surface area is 138 Å². The van der Waals surface area contributed by atoms with Crippen molar-refractivity contribution in [1.82, 2.24) is 10.6 Å². The third kappa shape index (κ3) is 7.98. The Kier molecular flexibility index (Phi) is 7.49. The molecule has 0 bridgehead atoms. The predicted molar refractivity (Wildman–Crippen MR) is 91.0 cm³/mol. The number of amides is 1. The van der Waals surface area contributed by atoms with Gasteiger partial charge in [0.15, 0.2) is 0 Å². The van der Waals surface area contributed by atoms with Crippen LogP contribution < -0.4 is 10.6 Å². The first-order valence-corrected chi connectivity index (χ1v) is 8.17. The second-order valence-corrected chi connectivity index (χ2v) is 6.86.